The van der Waals surface area contributed by atoms with Crippen molar-refractivity contribution in [1.29, 1.82) is 0 Å². The molecule has 0 saturated carbocycles. The molecule has 0 saturated heterocycles. The third kappa shape index (κ3) is 3.32. The summed E-state index contributed by atoms with van der Waals surface area (Å²) >= 11 is 0. The van der Waals surface area contributed by atoms with E-state index in [2.05, 4.69) is 36.1 Å². The third-order valence-corrected chi connectivity index (χ3v) is 2.84. The molecule has 0 radical (unpaired) electrons. The Balaban J connectivity index is 2.37. The van der Waals surface area contributed by atoms with Gasteiger partial charge >= 0.3 is 0 Å². The van der Waals surface area contributed by atoms with E-state index >= 15 is 0 Å². The molecule has 0 bridgehead atoms. The Morgan fingerprint density at radius 3 is 2.50 bits per heavy atom. The Morgan fingerprint density at radius 1 is 1.20 bits per heavy atom. The summed E-state index contributed by atoms with van der Waals surface area (Å²) in [5.41, 5.74) is 2.97. The smallest absolute Gasteiger partial charge is 0.185 e. The van der Waals surface area contributed by atoms with Crippen molar-refractivity contribution in [3.8, 4) is 0 Å². The molecule has 1 aromatic carbocycles. The number of nitrogens with one attached hydrogen (secondary N) is 1. The maximum Gasteiger partial charge on any atom is 0.185 e. The van der Waals surface area contributed by atoms with E-state index in [1.54, 1.807) is 6.20 Å². The quantitative estimate of drug-likeness (QED) is 0.865. The van der Waals surface area contributed by atoms with Crippen LogP contribution in [0.15, 0.2) is 24.4 Å². The number of benzene rings is 1. The molecule has 0 spiro atoms. The standard InChI is InChI=1S/C16H21N3O/c1-10(2)15(20)14-9-17-13-8-11(19-16(3,4)5)6-7-12(13)18-14/h6-10,19H,1-5H3. The van der Waals surface area contributed by atoms with E-state index in [4.69, 9.17) is 0 Å². The largest absolute Gasteiger partial charge is 0.380 e. The molecule has 0 amide bonds. The number of ketones is 1. The summed E-state index contributed by atoms with van der Waals surface area (Å²) in [4.78, 5) is 20.7. The molecule has 2 rings (SSSR count). The molecule has 106 valence electrons. The third-order valence-electron chi connectivity index (χ3n) is 2.84. The summed E-state index contributed by atoms with van der Waals surface area (Å²) < 4.78 is 0. The molecule has 20 heavy (non-hydrogen) atoms. The predicted octanol–water partition coefficient (Wildman–Crippen LogP) is 3.68. The van der Waals surface area contributed by atoms with Gasteiger partial charge in [-0.3, -0.25) is 9.78 Å². The summed E-state index contributed by atoms with van der Waals surface area (Å²) in [6.07, 6.45) is 1.56. The molecule has 4 heteroatoms. The second-order valence-corrected chi connectivity index (χ2v) is 6.35. The van der Waals surface area contributed by atoms with Crippen LogP contribution in [0.4, 0.5) is 5.69 Å². The highest BCUT2D eigenvalue weighted by Crippen LogP contribution is 2.20. The topological polar surface area (TPSA) is 54.9 Å². The van der Waals surface area contributed by atoms with Crippen molar-refractivity contribution in [2.45, 2.75) is 40.2 Å². The van der Waals surface area contributed by atoms with E-state index in [1.165, 1.54) is 0 Å². The van der Waals surface area contributed by atoms with E-state index in [9.17, 15) is 4.79 Å². The molecule has 0 atom stereocenters. The highest BCUT2D eigenvalue weighted by Gasteiger charge is 2.14. The van der Waals surface area contributed by atoms with Crippen LogP contribution in [0.3, 0.4) is 0 Å². The van der Waals surface area contributed by atoms with Crippen molar-refractivity contribution in [2.24, 2.45) is 5.92 Å². The zero-order valence-electron chi connectivity index (χ0n) is 12.7. The van der Waals surface area contributed by atoms with Crippen molar-refractivity contribution in [2.75, 3.05) is 5.32 Å². The van der Waals surface area contributed by atoms with Gasteiger partial charge in [-0.15, -0.1) is 0 Å². The fourth-order valence-electron chi connectivity index (χ4n) is 1.94. The van der Waals surface area contributed by atoms with Crippen LogP contribution in [0.2, 0.25) is 0 Å². The Kier molecular flexibility index (Phi) is 3.75. The fourth-order valence-corrected chi connectivity index (χ4v) is 1.94. The lowest BCUT2D eigenvalue weighted by Gasteiger charge is -2.22. The molecule has 0 unspecified atom stereocenters. The summed E-state index contributed by atoms with van der Waals surface area (Å²) in [6, 6.07) is 5.82. The van der Waals surface area contributed by atoms with Crippen molar-refractivity contribution in [3.63, 3.8) is 0 Å². The molecule has 0 aliphatic rings. The minimum absolute atomic E-state index is 0.00530. The van der Waals surface area contributed by atoms with Gasteiger partial charge in [-0.1, -0.05) is 13.8 Å². The molecule has 1 aromatic heterocycles. The Bertz CT molecular complexity index is 642. The van der Waals surface area contributed by atoms with Gasteiger partial charge in [0.15, 0.2) is 5.78 Å². The average molecular weight is 271 g/mol. The van der Waals surface area contributed by atoms with Crippen LogP contribution < -0.4 is 5.32 Å². The second-order valence-electron chi connectivity index (χ2n) is 6.35. The summed E-state index contributed by atoms with van der Waals surface area (Å²) in [5.74, 6) is -0.0418. The average Bonchev–Trinajstić information content (AvgIpc) is 2.35. The number of fused-ring (bicyclic) bond motifs is 1. The Hall–Kier alpha value is -1.97. The minimum Gasteiger partial charge on any atom is -0.380 e. The monoisotopic (exact) mass is 271 g/mol. The number of hydrogen-bond acceptors (Lipinski definition) is 4. The maximum atomic E-state index is 11.9. The zero-order valence-corrected chi connectivity index (χ0v) is 12.7. The first kappa shape index (κ1) is 14.4. The number of carbonyl (C=O) groups is 1. The molecule has 1 N–H and O–H groups in total. The lowest BCUT2D eigenvalue weighted by atomic mass is 10.1. The normalized spacial score (nSPS) is 11.9. The van der Waals surface area contributed by atoms with Crippen molar-refractivity contribution >= 4 is 22.5 Å². The summed E-state index contributed by atoms with van der Waals surface area (Å²) in [5, 5.41) is 3.39. The Labute approximate surface area is 119 Å². The lowest BCUT2D eigenvalue weighted by molar-refractivity contribution is 0.0934. The minimum atomic E-state index is -0.0661. The van der Waals surface area contributed by atoms with Crippen LogP contribution in [-0.2, 0) is 0 Å². The molecule has 0 aliphatic carbocycles. The number of anilines is 1. The molecule has 0 fully saturated rings. The van der Waals surface area contributed by atoms with Crippen LogP contribution >= 0.6 is 0 Å². The fraction of sp³-hybridized carbons (Fsp3) is 0.438. The van der Waals surface area contributed by atoms with E-state index < -0.39 is 0 Å². The van der Waals surface area contributed by atoms with Crippen LogP contribution in [0.5, 0.6) is 0 Å². The van der Waals surface area contributed by atoms with E-state index in [-0.39, 0.29) is 17.2 Å². The van der Waals surface area contributed by atoms with Crippen LogP contribution in [0.1, 0.15) is 45.1 Å². The number of carbonyl (C=O) groups excluding carboxylic acids is 1. The number of hydrogen-bond donors (Lipinski definition) is 1. The van der Waals surface area contributed by atoms with E-state index in [0.717, 1.165) is 16.7 Å². The van der Waals surface area contributed by atoms with Gasteiger partial charge in [0.05, 0.1) is 17.2 Å². The van der Waals surface area contributed by atoms with Gasteiger partial charge in [-0.2, -0.15) is 0 Å². The zero-order chi connectivity index (χ0) is 14.9. The van der Waals surface area contributed by atoms with Crippen LogP contribution in [-0.4, -0.2) is 21.3 Å². The molecule has 2 aromatic rings. The Morgan fingerprint density at radius 2 is 1.90 bits per heavy atom. The van der Waals surface area contributed by atoms with E-state index in [0.29, 0.717) is 5.69 Å². The van der Waals surface area contributed by atoms with Gasteiger partial charge in [0.25, 0.3) is 0 Å². The number of aromatic nitrogens is 2. The summed E-state index contributed by atoms with van der Waals surface area (Å²) in [7, 11) is 0. The second kappa shape index (κ2) is 5.19. The first-order valence-electron chi connectivity index (χ1n) is 6.85. The number of nitrogens with zero attached hydrogens (tertiary/aromatic N) is 2. The van der Waals surface area contributed by atoms with Crippen LogP contribution in [0, 0.1) is 5.92 Å². The molecule has 4 nitrogen and oxygen atoms in total. The first-order chi connectivity index (χ1) is 9.26. The van der Waals surface area contributed by atoms with Gasteiger partial charge in [-0.05, 0) is 39.0 Å². The van der Waals surface area contributed by atoms with Gasteiger partial charge < -0.3 is 5.32 Å². The SMILES string of the molecule is CC(C)C(=O)c1cnc2cc(NC(C)(C)C)ccc2n1. The molecule has 0 aliphatic heterocycles. The van der Waals surface area contributed by atoms with Crippen molar-refractivity contribution < 1.29 is 4.79 Å². The van der Waals surface area contributed by atoms with E-state index in [1.807, 2.05) is 32.0 Å². The van der Waals surface area contributed by atoms with Crippen molar-refractivity contribution in [3.05, 3.63) is 30.1 Å². The van der Waals surface area contributed by atoms with Gasteiger partial charge in [0.2, 0.25) is 0 Å². The maximum absolute atomic E-state index is 11.9. The predicted molar refractivity (Wildman–Crippen MR) is 82.1 cm³/mol. The first-order valence-corrected chi connectivity index (χ1v) is 6.85. The molecular weight excluding hydrogens is 250 g/mol. The van der Waals surface area contributed by atoms with Gasteiger partial charge in [0, 0.05) is 17.1 Å². The molecular formula is C16H21N3O. The lowest BCUT2D eigenvalue weighted by Crippen LogP contribution is -2.25. The van der Waals surface area contributed by atoms with Crippen molar-refractivity contribution in [1.82, 2.24) is 9.97 Å². The highest BCUT2D eigenvalue weighted by molar-refractivity contribution is 5.96. The molecule has 1 heterocycles. The highest BCUT2D eigenvalue weighted by atomic mass is 16.1. The van der Waals surface area contributed by atoms with Crippen LogP contribution in [0.25, 0.3) is 11.0 Å². The number of Topliss-reactive ketones (excluding diaryl/α,β-unsaturated/α-hetero) is 1. The number of rotatable bonds is 3. The van der Waals surface area contributed by atoms with Gasteiger partial charge in [-0.25, -0.2) is 4.98 Å². The van der Waals surface area contributed by atoms with Gasteiger partial charge in [0.1, 0.15) is 5.69 Å². The summed E-state index contributed by atoms with van der Waals surface area (Å²) in [6.45, 7) is 10.0.